The molecular weight excluding hydrogens is 400 g/mol. The lowest BCUT2D eigenvalue weighted by atomic mass is 10.1. The maximum atomic E-state index is 12.4. The number of aromatic amines is 1. The highest BCUT2D eigenvalue weighted by Crippen LogP contribution is 2.23. The number of carbonyl (C=O) groups is 1. The molecule has 0 spiro atoms. The van der Waals surface area contributed by atoms with Crippen molar-refractivity contribution in [1.29, 1.82) is 0 Å². The standard InChI is InChI=1S/C26H24N4O2/c1-2-19-11-13-20(14-12-19)17-27-30-26(31)25-16-24(28-29-25)22-9-6-10-23(15-22)32-18-21-7-4-3-5-8-21/h3-17H,2,18H2,1H3,(H,28,29)(H,30,31)/b27-17-. The molecule has 1 aromatic heterocycles. The molecule has 6 heteroatoms. The zero-order valence-corrected chi connectivity index (χ0v) is 17.8. The van der Waals surface area contributed by atoms with E-state index in [0.717, 1.165) is 28.9 Å². The third-order valence-corrected chi connectivity index (χ3v) is 4.97. The Morgan fingerprint density at radius 1 is 1.00 bits per heavy atom. The second-order valence-corrected chi connectivity index (χ2v) is 7.26. The van der Waals surface area contributed by atoms with Crippen LogP contribution in [0, 0.1) is 0 Å². The summed E-state index contributed by atoms with van der Waals surface area (Å²) in [6.07, 6.45) is 2.60. The quantitative estimate of drug-likeness (QED) is 0.309. The van der Waals surface area contributed by atoms with E-state index in [-0.39, 0.29) is 5.91 Å². The molecule has 2 N–H and O–H groups in total. The van der Waals surface area contributed by atoms with Crippen LogP contribution in [0.3, 0.4) is 0 Å². The summed E-state index contributed by atoms with van der Waals surface area (Å²) in [4.78, 5) is 12.4. The third-order valence-electron chi connectivity index (χ3n) is 4.97. The van der Waals surface area contributed by atoms with Gasteiger partial charge in [-0.3, -0.25) is 9.89 Å². The Morgan fingerprint density at radius 3 is 2.59 bits per heavy atom. The molecule has 0 atom stereocenters. The topological polar surface area (TPSA) is 79.4 Å². The maximum Gasteiger partial charge on any atom is 0.289 e. The molecule has 0 aliphatic rings. The largest absolute Gasteiger partial charge is 0.489 e. The maximum absolute atomic E-state index is 12.4. The smallest absolute Gasteiger partial charge is 0.289 e. The van der Waals surface area contributed by atoms with Crippen LogP contribution in [0.2, 0.25) is 0 Å². The normalized spacial score (nSPS) is 10.9. The SMILES string of the molecule is CCc1ccc(/C=N\NC(=O)c2cc(-c3cccc(OCc4ccccc4)c3)n[nH]2)cc1. The first kappa shape index (κ1) is 21.1. The minimum Gasteiger partial charge on any atom is -0.489 e. The van der Waals surface area contributed by atoms with Gasteiger partial charge in [-0.2, -0.15) is 10.2 Å². The summed E-state index contributed by atoms with van der Waals surface area (Å²) in [6, 6.07) is 27.3. The van der Waals surface area contributed by atoms with Gasteiger partial charge in [0.1, 0.15) is 18.1 Å². The van der Waals surface area contributed by atoms with Gasteiger partial charge in [-0.05, 0) is 41.3 Å². The van der Waals surface area contributed by atoms with Gasteiger partial charge in [0.25, 0.3) is 5.91 Å². The Balaban J connectivity index is 1.37. The van der Waals surface area contributed by atoms with Crippen LogP contribution < -0.4 is 10.2 Å². The van der Waals surface area contributed by atoms with E-state index in [1.54, 1.807) is 12.3 Å². The Hall–Kier alpha value is -4.19. The van der Waals surface area contributed by atoms with E-state index < -0.39 is 0 Å². The number of hydrogen-bond donors (Lipinski definition) is 2. The van der Waals surface area contributed by atoms with Crippen LogP contribution in [0.5, 0.6) is 5.75 Å². The molecule has 0 radical (unpaired) electrons. The number of nitrogens with zero attached hydrogens (tertiary/aromatic N) is 2. The fraction of sp³-hybridized carbons (Fsp3) is 0.115. The van der Waals surface area contributed by atoms with Gasteiger partial charge in [-0.25, -0.2) is 5.43 Å². The molecule has 3 aromatic carbocycles. The van der Waals surface area contributed by atoms with Crippen LogP contribution >= 0.6 is 0 Å². The lowest BCUT2D eigenvalue weighted by molar-refractivity contribution is 0.0950. The van der Waals surface area contributed by atoms with Crippen molar-refractivity contribution in [2.75, 3.05) is 0 Å². The number of rotatable bonds is 8. The summed E-state index contributed by atoms with van der Waals surface area (Å²) >= 11 is 0. The zero-order valence-electron chi connectivity index (χ0n) is 17.8. The van der Waals surface area contributed by atoms with Gasteiger partial charge in [0.05, 0.1) is 11.9 Å². The molecule has 0 fully saturated rings. The lowest BCUT2D eigenvalue weighted by Gasteiger charge is -2.07. The van der Waals surface area contributed by atoms with E-state index in [9.17, 15) is 4.79 Å². The number of carbonyl (C=O) groups excluding carboxylic acids is 1. The first-order valence-electron chi connectivity index (χ1n) is 10.5. The van der Waals surface area contributed by atoms with Gasteiger partial charge in [0, 0.05) is 5.56 Å². The van der Waals surface area contributed by atoms with Crippen molar-refractivity contribution >= 4 is 12.1 Å². The highest BCUT2D eigenvalue weighted by molar-refractivity contribution is 5.94. The highest BCUT2D eigenvalue weighted by Gasteiger charge is 2.11. The summed E-state index contributed by atoms with van der Waals surface area (Å²) in [6.45, 7) is 2.59. The molecule has 0 saturated heterocycles. The van der Waals surface area contributed by atoms with Crippen molar-refractivity contribution in [3.8, 4) is 17.0 Å². The average molecular weight is 425 g/mol. The number of nitrogens with one attached hydrogen (secondary N) is 2. The molecule has 6 nitrogen and oxygen atoms in total. The fourth-order valence-corrected chi connectivity index (χ4v) is 3.14. The van der Waals surface area contributed by atoms with Crippen molar-refractivity contribution in [2.24, 2.45) is 5.10 Å². The molecule has 1 heterocycles. The Labute approximate surface area is 187 Å². The number of ether oxygens (including phenoxy) is 1. The fourth-order valence-electron chi connectivity index (χ4n) is 3.14. The molecular formula is C26H24N4O2. The van der Waals surface area contributed by atoms with Crippen LogP contribution in [0.4, 0.5) is 0 Å². The number of H-pyrrole nitrogens is 1. The number of aromatic nitrogens is 2. The monoisotopic (exact) mass is 424 g/mol. The molecule has 0 unspecified atom stereocenters. The Morgan fingerprint density at radius 2 is 1.81 bits per heavy atom. The van der Waals surface area contributed by atoms with Gasteiger partial charge in [0.2, 0.25) is 0 Å². The van der Waals surface area contributed by atoms with Crippen molar-refractivity contribution in [2.45, 2.75) is 20.0 Å². The van der Waals surface area contributed by atoms with Gasteiger partial charge in [-0.1, -0.05) is 73.7 Å². The minimum atomic E-state index is -0.360. The van der Waals surface area contributed by atoms with E-state index in [1.165, 1.54) is 5.56 Å². The summed E-state index contributed by atoms with van der Waals surface area (Å²) in [5.41, 5.74) is 7.63. The number of amides is 1. The number of hydrogen-bond acceptors (Lipinski definition) is 4. The first-order valence-corrected chi connectivity index (χ1v) is 10.5. The number of aryl methyl sites for hydroxylation is 1. The molecule has 4 rings (SSSR count). The van der Waals surface area contributed by atoms with Crippen LogP contribution in [-0.4, -0.2) is 22.3 Å². The Kier molecular flexibility index (Phi) is 6.72. The summed E-state index contributed by atoms with van der Waals surface area (Å²) < 4.78 is 5.88. The molecule has 160 valence electrons. The van der Waals surface area contributed by atoms with E-state index >= 15 is 0 Å². The predicted molar refractivity (Wildman–Crippen MR) is 126 cm³/mol. The summed E-state index contributed by atoms with van der Waals surface area (Å²) in [5, 5.41) is 11.1. The van der Waals surface area contributed by atoms with E-state index in [0.29, 0.717) is 18.0 Å². The zero-order chi connectivity index (χ0) is 22.2. The van der Waals surface area contributed by atoms with Crippen LogP contribution in [0.1, 0.15) is 34.1 Å². The molecule has 1 amide bonds. The molecule has 0 bridgehead atoms. The van der Waals surface area contributed by atoms with Crippen molar-refractivity contribution in [3.63, 3.8) is 0 Å². The van der Waals surface area contributed by atoms with Crippen molar-refractivity contribution in [1.82, 2.24) is 15.6 Å². The lowest BCUT2D eigenvalue weighted by Crippen LogP contribution is -2.17. The van der Waals surface area contributed by atoms with E-state index in [4.69, 9.17) is 4.74 Å². The van der Waals surface area contributed by atoms with Gasteiger partial charge in [0.15, 0.2) is 0 Å². The van der Waals surface area contributed by atoms with Crippen LogP contribution in [-0.2, 0) is 13.0 Å². The van der Waals surface area contributed by atoms with Crippen molar-refractivity contribution in [3.05, 3.63) is 107 Å². The molecule has 0 saturated carbocycles. The third kappa shape index (κ3) is 5.49. The first-order chi connectivity index (χ1) is 15.7. The molecule has 0 aliphatic carbocycles. The predicted octanol–water partition coefficient (Wildman–Crippen LogP) is 4.98. The summed E-state index contributed by atoms with van der Waals surface area (Å²) in [5.74, 6) is 0.376. The number of hydrazone groups is 1. The van der Waals surface area contributed by atoms with Crippen molar-refractivity contribution < 1.29 is 9.53 Å². The molecule has 32 heavy (non-hydrogen) atoms. The van der Waals surface area contributed by atoms with Gasteiger partial charge >= 0.3 is 0 Å². The van der Waals surface area contributed by atoms with Crippen LogP contribution in [0.25, 0.3) is 11.3 Å². The second kappa shape index (κ2) is 10.2. The average Bonchev–Trinajstić information content (AvgIpc) is 3.35. The van der Waals surface area contributed by atoms with E-state index in [2.05, 4.69) is 27.6 Å². The molecule has 4 aromatic rings. The number of benzene rings is 3. The minimum absolute atomic E-state index is 0.328. The van der Waals surface area contributed by atoms with E-state index in [1.807, 2.05) is 78.9 Å². The molecule has 0 aliphatic heterocycles. The van der Waals surface area contributed by atoms with Gasteiger partial charge < -0.3 is 4.74 Å². The summed E-state index contributed by atoms with van der Waals surface area (Å²) in [7, 11) is 0. The highest BCUT2D eigenvalue weighted by atomic mass is 16.5. The van der Waals surface area contributed by atoms with Crippen LogP contribution in [0.15, 0.2) is 90.0 Å². The second-order valence-electron chi connectivity index (χ2n) is 7.26. The Bertz CT molecular complexity index is 1200. The van der Waals surface area contributed by atoms with Gasteiger partial charge in [-0.15, -0.1) is 0 Å².